The summed E-state index contributed by atoms with van der Waals surface area (Å²) >= 11 is 0. The molecular weight excluding hydrogens is 438 g/mol. The number of nitrogens with zero attached hydrogens (tertiary/aromatic N) is 4. The van der Waals surface area contributed by atoms with Crippen molar-refractivity contribution in [1.82, 2.24) is 20.6 Å². The van der Waals surface area contributed by atoms with Crippen LogP contribution in [0.5, 0.6) is 6.01 Å². The van der Waals surface area contributed by atoms with Crippen molar-refractivity contribution in [1.29, 1.82) is 0 Å². The van der Waals surface area contributed by atoms with E-state index in [1.165, 1.54) is 0 Å². The van der Waals surface area contributed by atoms with Gasteiger partial charge in [0.05, 0.1) is 6.21 Å². The van der Waals surface area contributed by atoms with Crippen molar-refractivity contribution in [2.75, 3.05) is 6.61 Å². The van der Waals surface area contributed by atoms with Gasteiger partial charge in [-0.15, -0.1) is 5.10 Å². The van der Waals surface area contributed by atoms with E-state index in [0.29, 0.717) is 11.4 Å². The Morgan fingerprint density at radius 2 is 1.43 bits per heavy atom. The smallest absolute Gasteiger partial charge is 0.336 e. The number of rotatable bonds is 7. The van der Waals surface area contributed by atoms with Gasteiger partial charge in [-0.05, 0) is 22.4 Å². The second-order valence-corrected chi connectivity index (χ2v) is 7.71. The fourth-order valence-electron chi connectivity index (χ4n) is 3.59. The predicted molar refractivity (Wildman–Crippen MR) is 136 cm³/mol. The van der Waals surface area contributed by atoms with Crippen molar-refractivity contribution < 1.29 is 9.53 Å². The monoisotopic (exact) mass is 459 g/mol. The first kappa shape index (κ1) is 21.9. The lowest BCUT2D eigenvalue weighted by Gasteiger charge is -2.10. The number of hydrogen-bond acceptors (Lipinski definition) is 6. The molecule has 5 aromatic rings. The Morgan fingerprint density at radius 1 is 0.771 bits per heavy atom. The van der Waals surface area contributed by atoms with Crippen LogP contribution in [0.25, 0.3) is 33.3 Å². The molecule has 0 aliphatic carbocycles. The Labute approximate surface area is 202 Å². The second-order valence-electron chi connectivity index (χ2n) is 7.71. The number of hydrogen-bond donors (Lipinski definition) is 1. The van der Waals surface area contributed by atoms with E-state index >= 15 is 0 Å². The maximum Gasteiger partial charge on any atom is 0.336 e. The van der Waals surface area contributed by atoms with Crippen LogP contribution in [0.2, 0.25) is 0 Å². The molecule has 0 unspecified atom stereocenters. The molecule has 170 valence electrons. The molecule has 0 aliphatic heterocycles. The number of aromatic nitrogens is 3. The Morgan fingerprint density at radius 3 is 2.17 bits per heavy atom. The van der Waals surface area contributed by atoms with E-state index in [-0.39, 0.29) is 12.6 Å². The summed E-state index contributed by atoms with van der Waals surface area (Å²) < 4.78 is 5.51. The van der Waals surface area contributed by atoms with E-state index in [1.54, 1.807) is 6.21 Å². The molecule has 0 fully saturated rings. The zero-order chi connectivity index (χ0) is 23.9. The number of benzene rings is 4. The van der Waals surface area contributed by atoms with E-state index in [9.17, 15) is 4.79 Å². The molecule has 7 nitrogen and oxygen atoms in total. The van der Waals surface area contributed by atoms with Crippen LogP contribution in [0.1, 0.15) is 5.56 Å². The Kier molecular flexibility index (Phi) is 6.48. The third-order valence-electron chi connectivity index (χ3n) is 5.27. The van der Waals surface area contributed by atoms with Crippen LogP contribution in [0.4, 0.5) is 0 Å². The summed E-state index contributed by atoms with van der Waals surface area (Å²) in [6.07, 6.45) is 1.59. The van der Waals surface area contributed by atoms with E-state index in [2.05, 4.69) is 25.7 Å². The third kappa shape index (κ3) is 5.36. The number of carbonyl (C=O) groups excluding carboxylic acids is 1. The molecule has 0 saturated carbocycles. The average molecular weight is 460 g/mol. The first-order valence-corrected chi connectivity index (χ1v) is 11.1. The van der Waals surface area contributed by atoms with E-state index in [0.717, 1.165) is 27.5 Å². The highest BCUT2D eigenvalue weighted by Gasteiger charge is 2.14. The lowest BCUT2D eigenvalue weighted by atomic mass is 10.0. The number of carbonyl (C=O) groups is 1. The van der Waals surface area contributed by atoms with Gasteiger partial charge in [-0.25, -0.2) is 5.43 Å². The van der Waals surface area contributed by atoms with Crippen molar-refractivity contribution >= 4 is 22.9 Å². The zero-order valence-corrected chi connectivity index (χ0v) is 18.7. The van der Waals surface area contributed by atoms with Crippen molar-refractivity contribution in [2.24, 2.45) is 5.10 Å². The molecule has 1 heterocycles. The van der Waals surface area contributed by atoms with E-state index < -0.39 is 5.91 Å². The highest BCUT2D eigenvalue weighted by molar-refractivity contribution is 5.91. The standard InChI is InChI=1S/C28H21N5O2/c34-25(31-29-18-20-15-16-21-9-7-8-14-24(21)17-20)19-35-28-30-26(22-10-3-1-4-11-22)27(32-33-28)23-12-5-2-6-13-23/h1-18H,19H2,(H,31,34)/b29-18+. The molecule has 0 spiro atoms. The van der Waals surface area contributed by atoms with E-state index in [1.807, 2.05) is 103 Å². The van der Waals surface area contributed by atoms with Gasteiger partial charge in [0.2, 0.25) is 0 Å². The molecule has 1 aromatic heterocycles. The fraction of sp³-hybridized carbons (Fsp3) is 0.0357. The Balaban J connectivity index is 1.26. The van der Waals surface area contributed by atoms with Crippen LogP contribution in [0.3, 0.4) is 0 Å². The fourth-order valence-corrected chi connectivity index (χ4v) is 3.59. The SMILES string of the molecule is O=C(COc1nnc(-c2ccccc2)c(-c2ccccc2)n1)N/N=C/c1ccc2ccccc2c1. The van der Waals surface area contributed by atoms with Crippen molar-refractivity contribution in [3.05, 3.63) is 109 Å². The minimum absolute atomic E-state index is 0.0113. The van der Waals surface area contributed by atoms with Gasteiger partial charge in [0.1, 0.15) is 11.4 Å². The number of fused-ring (bicyclic) bond motifs is 1. The van der Waals surface area contributed by atoms with Crippen LogP contribution >= 0.6 is 0 Å². The molecule has 4 aromatic carbocycles. The molecule has 0 atom stereocenters. The lowest BCUT2D eigenvalue weighted by Crippen LogP contribution is -2.25. The molecule has 1 amide bonds. The highest BCUT2D eigenvalue weighted by Crippen LogP contribution is 2.29. The van der Waals surface area contributed by atoms with Crippen molar-refractivity contribution in [2.45, 2.75) is 0 Å². The largest absolute Gasteiger partial charge is 0.452 e. The summed E-state index contributed by atoms with van der Waals surface area (Å²) in [5, 5.41) is 14.7. The number of ether oxygens (including phenoxy) is 1. The molecule has 0 radical (unpaired) electrons. The molecule has 1 N–H and O–H groups in total. The van der Waals surface area contributed by atoms with Gasteiger partial charge in [0.15, 0.2) is 6.61 Å². The van der Waals surface area contributed by atoms with Crippen molar-refractivity contribution in [3.63, 3.8) is 0 Å². The number of hydrazone groups is 1. The molecule has 5 rings (SSSR count). The van der Waals surface area contributed by atoms with Gasteiger partial charge in [0.25, 0.3) is 5.91 Å². The normalized spacial score (nSPS) is 11.0. The molecule has 0 aliphatic rings. The average Bonchev–Trinajstić information content (AvgIpc) is 2.93. The minimum atomic E-state index is -0.431. The van der Waals surface area contributed by atoms with Crippen LogP contribution in [0, 0.1) is 0 Å². The Hall–Kier alpha value is -4.91. The van der Waals surface area contributed by atoms with Crippen LogP contribution < -0.4 is 10.2 Å². The highest BCUT2D eigenvalue weighted by atomic mass is 16.5. The number of amides is 1. The predicted octanol–water partition coefficient (Wildman–Crippen LogP) is 4.89. The summed E-state index contributed by atoms with van der Waals surface area (Å²) in [5.41, 5.74) is 6.35. The maximum atomic E-state index is 12.2. The van der Waals surface area contributed by atoms with E-state index in [4.69, 9.17) is 4.74 Å². The van der Waals surface area contributed by atoms with Crippen molar-refractivity contribution in [3.8, 4) is 28.5 Å². The van der Waals surface area contributed by atoms with Gasteiger partial charge in [-0.1, -0.05) is 102 Å². The second kappa shape index (κ2) is 10.4. The maximum absolute atomic E-state index is 12.2. The molecule has 7 heteroatoms. The summed E-state index contributed by atoms with van der Waals surface area (Å²) in [7, 11) is 0. The van der Waals surface area contributed by atoms with Gasteiger partial charge in [0, 0.05) is 11.1 Å². The minimum Gasteiger partial charge on any atom is -0.452 e. The summed E-state index contributed by atoms with van der Waals surface area (Å²) in [5.74, 6) is -0.431. The van der Waals surface area contributed by atoms with Crippen LogP contribution in [0.15, 0.2) is 108 Å². The lowest BCUT2D eigenvalue weighted by molar-refractivity contribution is -0.123. The molecule has 35 heavy (non-hydrogen) atoms. The van der Waals surface area contributed by atoms with Gasteiger partial charge in [-0.2, -0.15) is 10.1 Å². The van der Waals surface area contributed by atoms with Crippen LogP contribution in [-0.2, 0) is 4.79 Å². The quantitative estimate of drug-likeness (QED) is 0.277. The Bertz CT molecular complexity index is 1490. The summed E-state index contributed by atoms with van der Waals surface area (Å²) in [6.45, 7) is -0.296. The zero-order valence-electron chi connectivity index (χ0n) is 18.7. The summed E-state index contributed by atoms with van der Waals surface area (Å²) in [4.78, 5) is 16.8. The van der Waals surface area contributed by atoms with Gasteiger partial charge < -0.3 is 4.74 Å². The first-order valence-electron chi connectivity index (χ1n) is 11.1. The topological polar surface area (TPSA) is 89.4 Å². The summed E-state index contributed by atoms with van der Waals surface area (Å²) in [6, 6.07) is 33.3. The number of nitrogens with one attached hydrogen (secondary N) is 1. The van der Waals surface area contributed by atoms with Gasteiger partial charge >= 0.3 is 6.01 Å². The first-order chi connectivity index (χ1) is 17.3. The van der Waals surface area contributed by atoms with Crippen LogP contribution in [-0.4, -0.2) is 33.9 Å². The third-order valence-corrected chi connectivity index (χ3v) is 5.27. The van der Waals surface area contributed by atoms with Gasteiger partial charge in [-0.3, -0.25) is 4.79 Å². The molecule has 0 bridgehead atoms. The molecular formula is C28H21N5O2. The molecule has 0 saturated heterocycles.